The van der Waals surface area contributed by atoms with E-state index in [0.717, 1.165) is 5.56 Å². The van der Waals surface area contributed by atoms with Crippen molar-refractivity contribution in [3.05, 3.63) is 138 Å². The standard InChI is InChI=1S/C41H40F2N2O6/c1-26(2)45-36(22-19-33(46)23-34(47)24-37(48)50-3)38(28-9-13-30(42)14-10-28)39(29-11-15-31(43)16-12-29)40(45)41(49)44-32-17-20-35(21-18-32)51-25-27-7-5-4-6-8-27/h4-22,26,33-34,46-47H,23-25H2,1-3H3,(H,44,49)/b22-19+/t33-,34-/m1/s1. The molecule has 3 N–H and O–H groups in total. The second kappa shape index (κ2) is 16.9. The highest BCUT2D eigenvalue weighted by Gasteiger charge is 2.30. The summed E-state index contributed by atoms with van der Waals surface area (Å²) >= 11 is 0. The number of aliphatic hydroxyl groups excluding tert-OH is 2. The summed E-state index contributed by atoms with van der Waals surface area (Å²) in [6, 6.07) is 28.0. The molecule has 0 aliphatic rings. The molecule has 0 fully saturated rings. The van der Waals surface area contributed by atoms with Gasteiger partial charge < -0.3 is 29.6 Å². The lowest BCUT2D eigenvalue weighted by Crippen LogP contribution is -2.20. The van der Waals surface area contributed by atoms with Crippen LogP contribution in [0.25, 0.3) is 28.3 Å². The van der Waals surface area contributed by atoms with E-state index in [1.165, 1.54) is 37.5 Å². The van der Waals surface area contributed by atoms with Gasteiger partial charge in [0.2, 0.25) is 0 Å². The number of nitrogens with one attached hydrogen (secondary N) is 1. The average molecular weight is 695 g/mol. The van der Waals surface area contributed by atoms with E-state index in [0.29, 0.717) is 46.0 Å². The first kappa shape index (κ1) is 36.7. The number of benzene rings is 4. The number of aliphatic hydroxyl groups is 2. The number of carbonyl (C=O) groups is 2. The van der Waals surface area contributed by atoms with Gasteiger partial charge in [-0.05, 0) is 85.1 Å². The molecular weight excluding hydrogens is 654 g/mol. The molecule has 0 bridgehead atoms. The van der Waals surface area contributed by atoms with E-state index in [9.17, 15) is 28.6 Å². The Morgan fingerprint density at radius 1 is 0.824 bits per heavy atom. The van der Waals surface area contributed by atoms with Crippen LogP contribution in [0.5, 0.6) is 5.75 Å². The first-order chi connectivity index (χ1) is 24.5. The van der Waals surface area contributed by atoms with Gasteiger partial charge in [0, 0.05) is 35.0 Å². The first-order valence-corrected chi connectivity index (χ1v) is 16.5. The van der Waals surface area contributed by atoms with E-state index < -0.39 is 35.7 Å². The van der Waals surface area contributed by atoms with Gasteiger partial charge in [0.1, 0.15) is 29.7 Å². The molecule has 264 valence electrons. The fraction of sp³-hybridized carbons (Fsp3) is 0.220. The van der Waals surface area contributed by atoms with Crippen molar-refractivity contribution in [3.63, 3.8) is 0 Å². The third-order valence-corrected chi connectivity index (χ3v) is 8.22. The molecular formula is C41H40F2N2O6. The summed E-state index contributed by atoms with van der Waals surface area (Å²) in [5, 5.41) is 24.2. The molecule has 0 aliphatic heterocycles. The molecule has 1 aromatic heterocycles. The minimum Gasteiger partial charge on any atom is -0.489 e. The van der Waals surface area contributed by atoms with E-state index in [-0.39, 0.29) is 24.6 Å². The molecule has 0 unspecified atom stereocenters. The second-order valence-electron chi connectivity index (χ2n) is 12.3. The molecule has 4 aromatic carbocycles. The topological polar surface area (TPSA) is 110 Å². The Hall–Kier alpha value is -5.58. The third-order valence-electron chi connectivity index (χ3n) is 8.22. The zero-order valence-corrected chi connectivity index (χ0v) is 28.6. The summed E-state index contributed by atoms with van der Waals surface area (Å²) in [5.74, 6) is -1.36. The average Bonchev–Trinajstić information content (AvgIpc) is 3.47. The lowest BCUT2D eigenvalue weighted by molar-refractivity contribution is -0.143. The van der Waals surface area contributed by atoms with E-state index in [4.69, 9.17) is 4.74 Å². The molecule has 1 heterocycles. The van der Waals surface area contributed by atoms with Gasteiger partial charge in [-0.25, -0.2) is 8.78 Å². The largest absolute Gasteiger partial charge is 0.489 e. The van der Waals surface area contributed by atoms with Crippen molar-refractivity contribution in [1.29, 1.82) is 0 Å². The number of ether oxygens (including phenoxy) is 2. The van der Waals surface area contributed by atoms with Crippen molar-refractivity contribution in [2.75, 3.05) is 12.4 Å². The van der Waals surface area contributed by atoms with Gasteiger partial charge >= 0.3 is 5.97 Å². The van der Waals surface area contributed by atoms with Crippen molar-refractivity contribution in [1.82, 2.24) is 4.57 Å². The number of hydrogen-bond acceptors (Lipinski definition) is 6. The van der Waals surface area contributed by atoms with Crippen molar-refractivity contribution < 1.29 is 38.1 Å². The SMILES string of the molecule is COC(=O)C[C@H](O)C[C@H](O)/C=C/c1c(-c2ccc(F)cc2)c(-c2ccc(F)cc2)c(C(=O)Nc2ccc(OCc3ccccc3)cc2)n1C(C)C. The maximum absolute atomic E-state index is 14.4. The van der Waals surface area contributed by atoms with Gasteiger partial charge in [-0.3, -0.25) is 9.59 Å². The number of carbonyl (C=O) groups excluding carboxylic acids is 2. The highest BCUT2D eigenvalue weighted by molar-refractivity contribution is 6.12. The van der Waals surface area contributed by atoms with Gasteiger partial charge in [-0.1, -0.05) is 60.7 Å². The fourth-order valence-corrected chi connectivity index (χ4v) is 5.82. The molecule has 51 heavy (non-hydrogen) atoms. The Labute approximate surface area is 295 Å². The minimum atomic E-state index is -1.17. The van der Waals surface area contributed by atoms with E-state index in [1.54, 1.807) is 59.2 Å². The van der Waals surface area contributed by atoms with Crippen LogP contribution in [0.2, 0.25) is 0 Å². The summed E-state index contributed by atoms with van der Waals surface area (Å²) in [6.07, 6.45) is 0.336. The second-order valence-corrected chi connectivity index (χ2v) is 12.3. The zero-order valence-electron chi connectivity index (χ0n) is 28.6. The smallest absolute Gasteiger partial charge is 0.308 e. The molecule has 0 saturated carbocycles. The fourth-order valence-electron chi connectivity index (χ4n) is 5.82. The van der Waals surface area contributed by atoms with Gasteiger partial charge in [0.15, 0.2) is 0 Å². The lowest BCUT2D eigenvalue weighted by Gasteiger charge is -2.17. The Balaban J connectivity index is 1.58. The highest BCUT2D eigenvalue weighted by atomic mass is 19.1. The van der Waals surface area contributed by atoms with Crippen LogP contribution in [0.1, 0.15) is 54.5 Å². The minimum absolute atomic E-state index is 0.150. The number of aromatic nitrogens is 1. The third kappa shape index (κ3) is 9.36. The van der Waals surface area contributed by atoms with Gasteiger partial charge in [-0.15, -0.1) is 0 Å². The monoisotopic (exact) mass is 694 g/mol. The van der Waals surface area contributed by atoms with Crippen LogP contribution in [0.15, 0.2) is 109 Å². The predicted octanol–water partition coefficient (Wildman–Crippen LogP) is 8.20. The number of halogens is 2. The summed E-state index contributed by atoms with van der Waals surface area (Å²) in [6.45, 7) is 4.18. The molecule has 0 saturated heterocycles. The van der Waals surface area contributed by atoms with Gasteiger partial charge in [0.05, 0.1) is 25.7 Å². The van der Waals surface area contributed by atoms with E-state index in [2.05, 4.69) is 10.1 Å². The zero-order chi connectivity index (χ0) is 36.5. The summed E-state index contributed by atoms with van der Waals surface area (Å²) in [4.78, 5) is 26.1. The summed E-state index contributed by atoms with van der Waals surface area (Å²) < 4.78 is 40.7. The van der Waals surface area contributed by atoms with Crippen LogP contribution in [-0.4, -0.2) is 46.0 Å². The van der Waals surface area contributed by atoms with Crippen molar-refractivity contribution in [3.8, 4) is 28.0 Å². The van der Waals surface area contributed by atoms with Crippen LogP contribution in [0.3, 0.4) is 0 Å². The first-order valence-electron chi connectivity index (χ1n) is 16.5. The Kier molecular flexibility index (Phi) is 12.2. The van der Waals surface area contributed by atoms with Crippen molar-refractivity contribution >= 4 is 23.6 Å². The molecule has 2 atom stereocenters. The van der Waals surface area contributed by atoms with Gasteiger partial charge in [-0.2, -0.15) is 0 Å². The highest BCUT2D eigenvalue weighted by Crippen LogP contribution is 2.43. The van der Waals surface area contributed by atoms with E-state index in [1.807, 2.05) is 44.2 Å². The molecule has 8 nitrogen and oxygen atoms in total. The molecule has 0 spiro atoms. The van der Waals surface area contributed by atoms with Gasteiger partial charge in [0.25, 0.3) is 5.91 Å². The summed E-state index contributed by atoms with van der Waals surface area (Å²) in [7, 11) is 1.21. The number of amides is 1. The molecule has 10 heteroatoms. The maximum atomic E-state index is 14.4. The van der Waals surface area contributed by atoms with Crippen LogP contribution in [0, 0.1) is 11.6 Å². The number of anilines is 1. The van der Waals surface area contributed by atoms with Crippen LogP contribution in [-0.2, 0) is 16.1 Å². The number of methoxy groups -OCH3 is 1. The number of esters is 1. The quantitative estimate of drug-likeness (QED) is 0.101. The molecule has 0 aliphatic carbocycles. The molecule has 5 rings (SSSR count). The number of nitrogens with zero attached hydrogens (tertiary/aromatic N) is 1. The number of rotatable bonds is 14. The number of hydrogen-bond donors (Lipinski definition) is 3. The normalized spacial score (nSPS) is 12.5. The Morgan fingerprint density at radius 2 is 1.41 bits per heavy atom. The van der Waals surface area contributed by atoms with Crippen LogP contribution < -0.4 is 10.1 Å². The summed E-state index contributed by atoms with van der Waals surface area (Å²) in [5.41, 5.74) is 4.40. The molecule has 0 radical (unpaired) electrons. The predicted molar refractivity (Wildman–Crippen MR) is 193 cm³/mol. The Bertz CT molecular complexity index is 1960. The van der Waals surface area contributed by atoms with Crippen LogP contribution >= 0.6 is 0 Å². The van der Waals surface area contributed by atoms with Crippen molar-refractivity contribution in [2.45, 2.75) is 51.5 Å². The lowest BCUT2D eigenvalue weighted by atomic mass is 9.94. The maximum Gasteiger partial charge on any atom is 0.308 e. The van der Waals surface area contributed by atoms with E-state index >= 15 is 0 Å². The molecule has 1 amide bonds. The molecule has 5 aromatic rings. The van der Waals surface area contributed by atoms with Crippen molar-refractivity contribution in [2.24, 2.45) is 0 Å². The van der Waals surface area contributed by atoms with Crippen LogP contribution in [0.4, 0.5) is 14.5 Å². The Morgan fingerprint density at radius 3 is 1.98 bits per heavy atom.